The summed E-state index contributed by atoms with van der Waals surface area (Å²) in [6.45, 7) is 7.36. The monoisotopic (exact) mass is 647 g/mol. The number of thiophene rings is 1. The number of halogens is 1. The number of aromatic nitrogens is 4. The fraction of sp³-hybridized carbons (Fsp3) is 0.552. The third-order valence-electron chi connectivity index (χ3n) is 7.79. The molecule has 15 heteroatoms. The first-order valence-corrected chi connectivity index (χ1v) is 17.5. The summed E-state index contributed by atoms with van der Waals surface area (Å²) in [4.78, 5) is 16.0. The van der Waals surface area contributed by atoms with Gasteiger partial charge in [-0.25, -0.2) is 22.8 Å². The molecule has 6 rings (SSSR count). The van der Waals surface area contributed by atoms with Crippen molar-refractivity contribution in [2.24, 2.45) is 0 Å². The number of hydrogen-bond acceptors (Lipinski definition) is 11. The third kappa shape index (κ3) is 7.36. The molecule has 2 saturated heterocycles. The number of alkyl halides is 1. The highest BCUT2D eigenvalue weighted by atomic mass is 32.2. The first kappa shape index (κ1) is 31.2. The lowest BCUT2D eigenvalue weighted by Crippen LogP contribution is -2.47. The van der Waals surface area contributed by atoms with Crippen molar-refractivity contribution in [3.05, 3.63) is 35.3 Å². The third-order valence-corrected chi connectivity index (χ3v) is 10.2. The maximum absolute atomic E-state index is 12.2. The smallest absolute Gasteiger partial charge is 0.211 e. The zero-order valence-corrected chi connectivity index (χ0v) is 26.5. The quantitative estimate of drug-likeness (QED) is 0.201. The molecule has 5 heterocycles. The molecule has 3 aromatic heterocycles. The molecule has 0 radical (unpaired) electrons. The lowest BCUT2D eigenvalue weighted by Gasteiger charge is -2.32. The first-order valence-electron chi connectivity index (χ1n) is 14.9. The number of sulfonamides is 1. The van der Waals surface area contributed by atoms with Crippen molar-refractivity contribution >= 4 is 48.3 Å². The van der Waals surface area contributed by atoms with Gasteiger partial charge in [-0.3, -0.25) is 9.58 Å². The van der Waals surface area contributed by atoms with Crippen LogP contribution in [0, 0.1) is 0 Å². The van der Waals surface area contributed by atoms with Crippen LogP contribution in [-0.4, -0.2) is 129 Å². The van der Waals surface area contributed by atoms with Gasteiger partial charge in [-0.05, 0) is 12.1 Å². The zero-order valence-electron chi connectivity index (χ0n) is 24.9. The summed E-state index contributed by atoms with van der Waals surface area (Å²) < 4.78 is 56.9. The SMILES string of the molecule is CS(=O)(=O)N1CCN(Cc2cc3nc(-c4cccc5nn(CCOCCOCCF)cc45)nc(N4CCOCC4)c3s2)CC1. The normalized spacial score (nSPS) is 17.3. The number of hydrogen-bond donors (Lipinski definition) is 0. The fourth-order valence-corrected chi connectivity index (χ4v) is 7.51. The van der Waals surface area contributed by atoms with Gasteiger partial charge in [0.1, 0.15) is 6.67 Å². The minimum Gasteiger partial charge on any atom is -0.378 e. The van der Waals surface area contributed by atoms with Crippen LogP contribution in [0.3, 0.4) is 0 Å². The number of piperazine rings is 1. The molecule has 0 unspecified atom stereocenters. The van der Waals surface area contributed by atoms with Crippen molar-refractivity contribution in [3.63, 3.8) is 0 Å². The molecule has 0 bridgehead atoms. The van der Waals surface area contributed by atoms with E-state index in [9.17, 15) is 12.8 Å². The van der Waals surface area contributed by atoms with Gasteiger partial charge in [0.2, 0.25) is 10.0 Å². The summed E-state index contributed by atoms with van der Waals surface area (Å²) in [5.74, 6) is 1.57. The zero-order chi connectivity index (χ0) is 30.5. The van der Waals surface area contributed by atoms with Gasteiger partial charge in [0.25, 0.3) is 0 Å². The van der Waals surface area contributed by atoms with Gasteiger partial charge in [-0.2, -0.15) is 9.40 Å². The molecule has 0 aliphatic carbocycles. The number of morpholine rings is 1. The summed E-state index contributed by atoms with van der Waals surface area (Å²) in [6, 6.07) is 8.14. The van der Waals surface area contributed by atoms with Crippen molar-refractivity contribution in [1.29, 1.82) is 0 Å². The molecule has 4 aromatic rings. The number of anilines is 1. The van der Waals surface area contributed by atoms with E-state index >= 15 is 0 Å². The maximum atomic E-state index is 12.2. The molecule has 1 aromatic carbocycles. The Morgan fingerprint density at radius 2 is 1.75 bits per heavy atom. The van der Waals surface area contributed by atoms with Crippen LogP contribution in [0.4, 0.5) is 10.2 Å². The van der Waals surface area contributed by atoms with E-state index < -0.39 is 16.7 Å². The Labute approximate surface area is 260 Å². The van der Waals surface area contributed by atoms with Crippen LogP contribution in [0.5, 0.6) is 0 Å². The van der Waals surface area contributed by atoms with E-state index in [1.165, 1.54) is 11.1 Å². The number of fused-ring (bicyclic) bond motifs is 2. The average molecular weight is 648 g/mol. The van der Waals surface area contributed by atoms with Crippen LogP contribution in [0.2, 0.25) is 0 Å². The Morgan fingerprint density at radius 1 is 0.977 bits per heavy atom. The molecule has 0 atom stereocenters. The Balaban J connectivity index is 1.25. The van der Waals surface area contributed by atoms with E-state index in [1.54, 1.807) is 15.6 Å². The molecular formula is C29H38FN7O5S2. The molecule has 0 spiro atoms. The van der Waals surface area contributed by atoms with E-state index in [-0.39, 0.29) is 6.61 Å². The lowest BCUT2D eigenvalue weighted by atomic mass is 10.1. The maximum Gasteiger partial charge on any atom is 0.211 e. The summed E-state index contributed by atoms with van der Waals surface area (Å²) in [5.41, 5.74) is 2.67. The van der Waals surface area contributed by atoms with E-state index in [2.05, 4.69) is 15.9 Å². The van der Waals surface area contributed by atoms with Crippen molar-refractivity contribution in [2.45, 2.75) is 13.1 Å². The van der Waals surface area contributed by atoms with Crippen LogP contribution in [0.15, 0.2) is 30.5 Å². The number of rotatable bonds is 13. The summed E-state index contributed by atoms with van der Waals surface area (Å²) in [6.07, 6.45) is 3.28. The Morgan fingerprint density at radius 3 is 2.50 bits per heavy atom. The van der Waals surface area contributed by atoms with Gasteiger partial charge in [0.05, 0.1) is 68.2 Å². The van der Waals surface area contributed by atoms with Gasteiger partial charge in [-0.15, -0.1) is 11.3 Å². The standard InChI is InChI=1S/C29H38FN7O5S2/c1-44(38,39)37-8-6-34(7-9-37)20-22-19-26-27(43-22)29(35-10-14-41-15-11-35)32-28(31-26)23-3-2-4-25-24(23)21-36(33-25)12-16-42-18-17-40-13-5-30/h2-4,19,21H,5-18,20H2,1H3. The Bertz CT molecular complexity index is 1670. The number of ether oxygens (including phenoxy) is 3. The van der Waals surface area contributed by atoms with Crippen molar-refractivity contribution in [1.82, 2.24) is 29.0 Å². The molecular weight excluding hydrogens is 609 g/mol. The highest BCUT2D eigenvalue weighted by Gasteiger charge is 2.25. The van der Waals surface area contributed by atoms with Gasteiger partial charge < -0.3 is 19.1 Å². The number of nitrogens with zero attached hydrogens (tertiary/aromatic N) is 7. The van der Waals surface area contributed by atoms with Gasteiger partial charge >= 0.3 is 0 Å². The molecule has 0 amide bonds. The first-order chi connectivity index (χ1) is 21.4. The van der Waals surface area contributed by atoms with E-state index in [0.29, 0.717) is 71.6 Å². The highest BCUT2D eigenvalue weighted by molar-refractivity contribution is 7.88. The molecule has 2 aliphatic rings. The topological polar surface area (TPSA) is 115 Å². The highest BCUT2D eigenvalue weighted by Crippen LogP contribution is 2.36. The second-order valence-corrected chi connectivity index (χ2v) is 14.0. The molecule has 44 heavy (non-hydrogen) atoms. The molecule has 238 valence electrons. The van der Waals surface area contributed by atoms with E-state index in [0.717, 1.165) is 52.1 Å². The molecule has 0 N–H and O–H groups in total. The minimum atomic E-state index is -3.17. The van der Waals surface area contributed by atoms with Crippen LogP contribution in [0.25, 0.3) is 32.5 Å². The van der Waals surface area contributed by atoms with Gasteiger partial charge in [0, 0.05) is 67.8 Å². The summed E-state index contributed by atoms with van der Waals surface area (Å²) in [7, 11) is -3.17. The van der Waals surface area contributed by atoms with Crippen LogP contribution in [-0.2, 0) is 37.3 Å². The predicted molar refractivity (Wildman–Crippen MR) is 168 cm³/mol. The minimum absolute atomic E-state index is 0.0924. The molecule has 0 saturated carbocycles. The molecule has 12 nitrogen and oxygen atoms in total. The largest absolute Gasteiger partial charge is 0.378 e. The van der Waals surface area contributed by atoms with E-state index in [1.807, 2.05) is 29.1 Å². The van der Waals surface area contributed by atoms with Gasteiger partial charge in [-0.1, -0.05) is 12.1 Å². The molecule has 2 aliphatic heterocycles. The average Bonchev–Trinajstić information content (AvgIpc) is 3.63. The van der Waals surface area contributed by atoms with Crippen molar-refractivity contribution in [3.8, 4) is 11.4 Å². The molecule has 2 fully saturated rings. The van der Waals surface area contributed by atoms with Crippen molar-refractivity contribution in [2.75, 3.05) is 96.7 Å². The second-order valence-electron chi connectivity index (χ2n) is 10.9. The Hall–Kier alpha value is -2.79. The Kier molecular flexibility index (Phi) is 10.0. The van der Waals surface area contributed by atoms with Crippen LogP contribution >= 0.6 is 11.3 Å². The second kappa shape index (κ2) is 14.1. The van der Waals surface area contributed by atoms with Gasteiger partial charge in [0.15, 0.2) is 11.6 Å². The summed E-state index contributed by atoms with van der Waals surface area (Å²) in [5, 5.41) is 5.70. The van der Waals surface area contributed by atoms with Crippen LogP contribution < -0.4 is 4.90 Å². The number of benzene rings is 1. The fourth-order valence-electron chi connectivity index (χ4n) is 5.53. The predicted octanol–water partition coefficient (Wildman–Crippen LogP) is 2.62. The van der Waals surface area contributed by atoms with E-state index in [4.69, 9.17) is 29.3 Å². The van der Waals surface area contributed by atoms with Crippen LogP contribution in [0.1, 0.15) is 4.88 Å². The lowest BCUT2D eigenvalue weighted by molar-refractivity contribution is 0.0394. The van der Waals surface area contributed by atoms with Crippen molar-refractivity contribution < 1.29 is 27.0 Å². The summed E-state index contributed by atoms with van der Waals surface area (Å²) >= 11 is 1.71.